The van der Waals surface area contributed by atoms with Crippen molar-refractivity contribution in [1.82, 2.24) is 0 Å². The maximum absolute atomic E-state index is 12.4. The molecular weight excluding hydrogens is 414 g/mol. The van der Waals surface area contributed by atoms with Crippen molar-refractivity contribution in [2.24, 2.45) is 0 Å². The monoisotopic (exact) mass is 433 g/mol. The Labute approximate surface area is 178 Å². The highest BCUT2D eigenvalue weighted by molar-refractivity contribution is 6.30. The number of ether oxygens (including phenoxy) is 4. The molecule has 0 fully saturated rings. The van der Waals surface area contributed by atoms with E-state index in [4.69, 9.17) is 30.5 Å². The summed E-state index contributed by atoms with van der Waals surface area (Å²) in [5, 5.41) is 3.09. The maximum Gasteiger partial charge on any atom is 0.350 e. The average molecular weight is 434 g/mol. The zero-order chi connectivity index (χ0) is 21.9. The van der Waals surface area contributed by atoms with Crippen molar-refractivity contribution in [3.8, 4) is 17.2 Å². The number of rotatable bonds is 7. The molecule has 158 valence electrons. The number of halogens is 1. The van der Waals surface area contributed by atoms with Crippen LogP contribution in [0.15, 0.2) is 36.4 Å². The van der Waals surface area contributed by atoms with E-state index in [1.165, 1.54) is 32.9 Å². The lowest BCUT2D eigenvalue weighted by Gasteiger charge is -2.24. The lowest BCUT2D eigenvalue weighted by atomic mass is 10.1. The molecule has 0 aliphatic carbocycles. The van der Waals surface area contributed by atoms with Crippen molar-refractivity contribution in [2.45, 2.75) is 26.4 Å². The summed E-state index contributed by atoms with van der Waals surface area (Å²) >= 11 is 5.83. The maximum atomic E-state index is 12.4. The molecular formula is C21H20ClNO7. The predicted octanol–water partition coefficient (Wildman–Crippen LogP) is 3.61. The standard InChI is InChI=1S/C21H20ClNO7/c1-12(24)15-8-17-18(29-11-28-17)9-16(15)23-19(25)10-27-20(26)21(2,3)30-14-6-4-13(22)5-7-14/h4-9H,10-11H2,1-3H3,(H,23,25). The molecule has 1 aliphatic rings. The van der Waals surface area contributed by atoms with Gasteiger partial charge in [0, 0.05) is 16.7 Å². The lowest BCUT2D eigenvalue weighted by Crippen LogP contribution is -2.41. The number of ketones is 1. The third-order valence-corrected chi connectivity index (χ3v) is 4.43. The Hall–Kier alpha value is -3.26. The van der Waals surface area contributed by atoms with Gasteiger partial charge in [0.25, 0.3) is 5.91 Å². The fourth-order valence-electron chi connectivity index (χ4n) is 2.67. The van der Waals surface area contributed by atoms with Gasteiger partial charge in [0.15, 0.2) is 29.5 Å². The molecule has 0 saturated heterocycles. The highest BCUT2D eigenvalue weighted by atomic mass is 35.5. The minimum atomic E-state index is -1.34. The molecule has 0 bridgehead atoms. The van der Waals surface area contributed by atoms with Gasteiger partial charge in [-0.15, -0.1) is 0 Å². The topological polar surface area (TPSA) is 100 Å². The number of hydrogen-bond donors (Lipinski definition) is 1. The fraction of sp³-hybridized carbons (Fsp3) is 0.286. The molecule has 0 atom stereocenters. The van der Waals surface area contributed by atoms with E-state index < -0.39 is 24.1 Å². The molecule has 0 unspecified atom stereocenters. The summed E-state index contributed by atoms with van der Waals surface area (Å²) in [6, 6.07) is 9.48. The van der Waals surface area contributed by atoms with Crippen LogP contribution in [-0.2, 0) is 14.3 Å². The molecule has 30 heavy (non-hydrogen) atoms. The molecule has 1 aliphatic heterocycles. The van der Waals surface area contributed by atoms with Crippen molar-refractivity contribution in [3.05, 3.63) is 47.0 Å². The van der Waals surface area contributed by atoms with Crippen LogP contribution in [-0.4, -0.2) is 36.7 Å². The van der Waals surface area contributed by atoms with E-state index in [0.29, 0.717) is 22.3 Å². The number of carbonyl (C=O) groups is 3. The third-order valence-electron chi connectivity index (χ3n) is 4.18. The first kappa shape index (κ1) is 21.4. The van der Waals surface area contributed by atoms with Gasteiger partial charge < -0.3 is 24.3 Å². The Morgan fingerprint density at radius 2 is 1.73 bits per heavy atom. The van der Waals surface area contributed by atoms with Gasteiger partial charge in [-0.2, -0.15) is 0 Å². The smallest absolute Gasteiger partial charge is 0.350 e. The molecule has 8 nitrogen and oxygen atoms in total. The van der Waals surface area contributed by atoms with Crippen LogP contribution < -0.4 is 19.5 Å². The molecule has 0 saturated carbocycles. The van der Waals surface area contributed by atoms with Crippen LogP contribution in [0.5, 0.6) is 17.2 Å². The zero-order valence-electron chi connectivity index (χ0n) is 16.6. The van der Waals surface area contributed by atoms with E-state index in [1.807, 2.05) is 0 Å². The molecule has 0 spiro atoms. The van der Waals surface area contributed by atoms with Gasteiger partial charge >= 0.3 is 5.97 Å². The second-order valence-electron chi connectivity index (χ2n) is 7.00. The molecule has 0 radical (unpaired) electrons. The van der Waals surface area contributed by atoms with Crippen LogP contribution in [0, 0.1) is 0 Å². The van der Waals surface area contributed by atoms with E-state index in [1.54, 1.807) is 24.3 Å². The van der Waals surface area contributed by atoms with Crippen molar-refractivity contribution in [1.29, 1.82) is 0 Å². The molecule has 9 heteroatoms. The Morgan fingerprint density at radius 3 is 2.37 bits per heavy atom. The lowest BCUT2D eigenvalue weighted by molar-refractivity contribution is -0.161. The summed E-state index contributed by atoms with van der Waals surface area (Å²) in [7, 11) is 0. The predicted molar refractivity (Wildman–Crippen MR) is 108 cm³/mol. The van der Waals surface area contributed by atoms with Gasteiger partial charge in [0.2, 0.25) is 6.79 Å². The van der Waals surface area contributed by atoms with Crippen molar-refractivity contribution in [3.63, 3.8) is 0 Å². The van der Waals surface area contributed by atoms with E-state index in [9.17, 15) is 14.4 Å². The SMILES string of the molecule is CC(=O)c1cc2c(cc1NC(=O)COC(=O)C(C)(C)Oc1ccc(Cl)cc1)OCO2. The van der Waals surface area contributed by atoms with Crippen molar-refractivity contribution in [2.75, 3.05) is 18.7 Å². The first-order valence-corrected chi connectivity index (χ1v) is 9.40. The fourth-order valence-corrected chi connectivity index (χ4v) is 2.79. The van der Waals surface area contributed by atoms with Crippen LogP contribution in [0.3, 0.4) is 0 Å². The second-order valence-corrected chi connectivity index (χ2v) is 7.43. The minimum absolute atomic E-state index is 0.0321. The molecule has 1 N–H and O–H groups in total. The van der Waals surface area contributed by atoms with Crippen LogP contribution in [0.25, 0.3) is 0 Å². The van der Waals surface area contributed by atoms with Gasteiger partial charge in [-0.05, 0) is 51.1 Å². The van der Waals surface area contributed by atoms with Crippen molar-refractivity contribution >= 4 is 34.9 Å². The Kier molecular flexibility index (Phi) is 6.17. The summed E-state index contributed by atoms with van der Waals surface area (Å²) < 4.78 is 21.2. The summed E-state index contributed by atoms with van der Waals surface area (Å²) in [5.41, 5.74) is -0.841. The second kappa shape index (κ2) is 8.62. The average Bonchev–Trinajstić information content (AvgIpc) is 3.14. The highest BCUT2D eigenvalue weighted by Gasteiger charge is 2.32. The van der Waals surface area contributed by atoms with E-state index in [0.717, 1.165) is 0 Å². The van der Waals surface area contributed by atoms with E-state index >= 15 is 0 Å². The normalized spacial score (nSPS) is 12.3. The number of nitrogens with one attached hydrogen (secondary N) is 1. The molecule has 0 aromatic heterocycles. The summed E-state index contributed by atoms with van der Waals surface area (Å²) in [6.45, 7) is 3.88. The van der Waals surface area contributed by atoms with Crippen LogP contribution in [0.2, 0.25) is 5.02 Å². The van der Waals surface area contributed by atoms with Crippen molar-refractivity contribution < 1.29 is 33.3 Å². The largest absolute Gasteiger partial charge is 0.476 e. The van der Waals surface area contributed by atoms with Gasteiger partial charge in [0.1, 0.15) is 5.75 Å². The number of hydrogen-bond acceptors (Lipinski definition) is 7. The van der Waals surface area contributed by atoms with E-state index in [-0.39, 0.29) is 23.8 Å². The summed E-state index contributed by atoms with van der Waals surface area (Å²) in [4.78, 5) is 36.5. The van der Waals surface area contributed by atoms with Crippen LogP contribution in [0.4, 0.5) is 5.69 Å². The number of amides is 1. The van der Waals surface area contributed by atoms with Crippen LogP contribution in [0.1, 0.15) is 31.1 Å². The number of Topliss-reactive ketones (excluding diaryl/α,β-unsaturated/α-hetero) is 1. The number of carbonyl (C=O) groups excluding carboxylic acids is 3. The quantitative estimate of drug-likeness (QED) is 0.525. The molecule has 2 aromatic rings. The number of anilines is 1. The van der Waals surface area contributed by atoms with Gasteiger partial charge in [-0.25, -0.2) is 4.79 Å². The first-order chi connectivity index (χ1) is 14.2. The van der Waals surface area contributed by atoms with Crippen LogP contribution >= 0.6 is 11.6 Å². The third kappa shape index (κ3) is 5.01. The van der Waals surface area contributed by atoms with Gasteiger partial charge in [0.05, 0.1) is 5.69 Å². The minimum Gasteiger partial charge on any atom is -0.476 e. The van der Waals surface area contributed by atoms with E-state index in [2.05, 4.69) is 5.32 Å². The first-order valence-electron chi connectivity index (χ1n) is 9.02. The number of esters is 1. The molecule has 1 heterocycles. The molecule has 3 rings (SSSR count). The Bertz CT molecular complexity index is 986. The number of benzene rings is 2. The summed E-state index contributed by atoms with van der Waals surface area (Å²) in [5.74, 6) is -0.358. The molecule has 2 aromatic carbocycles. The molecule has 1 amide bonds. The van der Waals surface area contributed by atoms with Gasteiger partial charge in [-0.1, -0.05) is 11.6 Å². The zero-order valence-corrected chi connectivity index (χ0v) is 17.4. The highest BCUT2D eigenvalue weighted by Crippen LogP contribution is 2.37. The summed E-state index contributed by atoms with van der Waals surface area (Å²) in [6.07, 6.45) is 0. The Morgan fingerprint density at radius 1 is 1.10 bits per heavy atom. The number of fused-ring (bicyclic) bond motifs is 1. The Balaban J connectivity index is 1.61. The van der Waals surface area contributed by atoms with Gasteiger partial charge in [-0.3, -0.25) is 9.59 Å².